The summed E-state index contributed by atoms with van der Waals surface area (Å²) < 4.78 is 0. The number of benzene rings is 1. The van der Waals surface area contributed by atoms with Crippen LogP contribution in [0, 0.1) is 10.1 Å². The van der Waals surface area contributed by atoms with Gasteiger partial charge in [-0.05, 0) is 5.56 Å². The number of rotatable bonds is 4. The standard InChI is InChI=1S/C13H14N2O6/c16-10-6-11(13(18)19)14(7-10)12(17)5-8-1-3-9(4-2-8)15(20)21/h1-4,10-11,16H,5-7H2,(H,18,19)/t10-,11+/m1/s1. The molecule has 1 heterocycles. The third-order valence-electron chi connectivity index (χ3n) is 3.39. The van der Waals surface area contributed by atoms with Crippen LogP contribution in [0.4, 0.5) is 5.69 Å². The van der Waals surface area contributed by atoms with Crippen molar-refractivity contribution >= 4 is 17.6 Å². The van der Waals surface area contributed by atoms with Gasteiger partial charge in [0.2, 0.25) is 5.91 Å². The molecule has 0 aliphatic carbocycles. The second-order valence-electron chi connectivity index (χ2n) is 4.89. The number of nitrogens with zero attached hydrogens (tertiary/aromatic N) is 2. The van der Waals surface area contributed by atoms with Crippen molar-refractivity contribution in [2.24, 2.45) is 0 Å². The Morgan fingerprint density at radius 1 is 1.33 bits per heavy atom. The number of likely N-dealkylation sites (tertiary alicyclic amines) is 1. The van der Waals surface area contributed by atoms with Crippen molar-refractivity contribution in [3.8, 4) is 0 Å². The Kier molecular flexibility index (Phi) is 4.18. The van der Waals surface area contributed by atoms with E-state index in [4.69, 9.17) is 5.11 Å². The average molecular weight is 294 g/mol. The molecule has 2 atom stereocenters. The Bertz CT molecular complexity index is 571. The summed E-state index contributed by atoms with van der Waals surface area (Å²) in [6, 6.07) is 4.47. The van der Waals surface area contributed by atoms with Gasteiger partial charge < -0.3 is 15.1 Å². The minimum atomic E-state index is -1.15. The number of β-amino-alcohol motifs (C(OH)–C–C–N with tert-alkyl or cyclic N) is 1. The van der Waals surface area contributed by atoms with Crippen molar-refractivity contribution in [1.29, 1.82) is 0 Å². The minimum absolute atomic E-state index is 0.0111. The molecule has 0 spiro atoms. The second-order valence-corrected chi connectivity index (χ2v) is 4.89. The Morgan fingerprint density at radius 3 is 2.48 bits per heavy atom. The predicted molar refractivity (Wildman–Crippen MR) is 70.6 cm³/mol. The van der Waals surface area contributed by atoms with Crippen LogP contribution in [0.25, 0.3) is 0 Å². The van der Waals surface area contributed by atoms with Gasteiger partial charge >= 0.3 is 5.97 Å². The number of carbonyl (C=O) groups excluding carboxylic acids is 1. The number of non-ortho nitro benzene ring substituents is 1. The summed E-state index contributed by atoms with van der Waals surface area (Å²) in [6.07, 6.45) is -0.887. The zero-order chi connectivity index (χ0) is 15.6. The van der Waals surface area contributed by atoms with Crippen molar-refractivity contribution in [1.82, 2.24) is 4.90 Å². The third-order valence-corrected chi connectivity index (χ3v) is 3.39. The van der Waals surface area contributed by atoms with E-state index in [0.29, 0.717) is 5.56 Å². The molecule has 8 nitrogen and oxygen atoms in total. The van der Waals surface area contributed by atoms with E-state index in [1.807, 2.05) is 0 Å². The van der Waals surface area contributed by atoms with Gasteiger partial charge in [-0.15, -0.1) is 0 Å². The van der Waals surface area contributed by atoms with Crippen LogP contribution in [0.5, 0.6) is 0 Å². The van der Waals surface area contributed by atoms with Gasteiger partial charge in [-0.2, -0.15) is 0 Å². The average Bonchev–Trinajstić information content (AvgIpc) is 2.82. The number of carbonyl (C=O) groups is 2. The number of carboxylic acids is 1. The number of amides is 1. The Balaban J connectivity index is 2.06. The molecule has 8 heteroatoms. The zero-order valence-electron chi connectivity index (χ0n) is 11.0. The number of aliphatic carboxylic acids is 1. The van der Waals surface area contributed by atoms with Crippen molar-refractivity contribution in [2.75, 3.05) is 6.54 Å². The molecule has 1 saturated heterocycles. The molecule has 1 aliphatic heterocycles. The normalized spacial score (nSPS) is 21.3. The molecule has 0 aromatic heterocycles. The third kappa shape index (κ3) is 3.34. The van der Waals surface area contributed by atoms with Crippen molar-refractivity contribution in [2.45, 2.75) is 25.0 Å². The van der Waals surface area contributed by atoms with E-state index in [-0.39, 0.29) is 25.1 Å². The number of nitro groups is 1. The van der Waals surface area contributed by atoms with Gasteiger partial charge in [0, 0.05) is 25.1 Å². The number of hydrogen-bond donors (Lipinski definition) is 2. The molecule has 1 amide bonds. The summed E-state index contributed by atoms with van der Waals surface area (Å²) in [4.78, 5) is 34.3. The highest BCUT2D eigenvalue weighted by molar-refractivity contribution is 5.85. The summed E-state index contributed by atoms with van der Waals surface area (Å²) in [5.74, 6) is -1.57. The lowest BCUT2D eigenvalue weighted by atomic mass is 10.1. The molecule has 2 N–H and O–H groups in total. The molecule has 2 rings (SSSR count). The molecular weight excluding hydrogens is 280 g/mol. The Labute approximate surface area is 119 Å². The maximum absolute atomic E-state index is 12.1. The summed E-state index contributed by atoms with van der Waals surface area (Å²) in [5.41, 5.74) is 0.474. The molecule has 112 valence electrons. The SMILES string of the molecule is O=C(O)[C@@H]1C[C@@H](O)CN1C(=O)Cc1ccc([N+](=O)[O-])cc1. The number of aliphatic hydroxyl groups is 1. The molecule has 1 aromatic carbocycles. The van der Waals surface area contributed by atoms with E-state index in [1.165, 1.54) is 24.3 Å². The molecular formula is C13H14N2O6. The topological polar surface area (TPSA) is 121 Å². The van der Waals surface area contributed by atoms with Crippen molar-refractivity contribution in [3.63, 3.8) is 0 Å². The molecule has 1 fully saturated rings. The highest BCUT2D eigenvalue weighted by Crippen LogP contribution is 2.20. The lowest BCUT2D eigenvalue weighted by Crippen LogP contribution is -2.41. The first-order chi connectivity index (χ1) is 9.88. The molecule has 0 radical (unpaired) electrons. The first-order valence-corrected chi connectivity index (χ1v) is 6.32. The molecule has 0 unspecified atom stereocenters. The highest BCUT2D eigenvalue weighted by Gasteiger charge is 2.38. The monoisotopic (exact) mass is 294 g/mol. The number of hydrogen-bond acceptors (Lipinski definition) is 5. The van der Waals surface area contributed by atoms with Crippen molar-refractivity contribution < 1.29 is 24.7 Å². The Morgan fingerprint density at radius 2 is 1.95 bits per heavy atom. The fourth-order valence-corrected chi connectivity index (χ4v) is 2.34. The van der Waals surface area contributed by atoms with Crippen LogP contribution in [-0.4, -0.2) is 50.6 Å². The van der Waals surface area contributed by atoms with Crippen LogP contribution in [0.15, 0.2) is 24.3 Å². The fraction of sp³-hybridized carbons (Fsp3) is 0.385. The summed E-state index contributed by atoms with van der Waals surface area (Å²) >= 11 is 0. The van der Waals surface area contributed by atoms with Crippen molar-refractivity contribution in [3.05, 3.63) is 39.9 Å². The van der Waals surface area contributed by atoms with Crippen LogP contribution in [0.3, 0.4) is 0 Å². The summed E-state index contributed by atoms with van der Waals surface area (Å²) in [5, 5.41) is 29.1. The van der Waals surface area contributed by atoms with Gasteiger partial charge in [0.1, 0.15) is 6.04 Å². The lowest BCUT2D eigenvalue weighted by molar-refractivity contribution is -0.384. The van der Waals surface area contributed by atoms with E-state index in [2.05, 4.69) is 0 Å². The second kappa shape index (κ2) is 5.88. The smallest absolute Gasteiger partial charge is 0.326 e. The maximum Gasteiger partial charge on any atom is 0.326 e. The molecule has 1 aromatic rings. The van der Waals surface area contributed by atoms with Gasteiger partial charge in [-0.3, -0.25) is 14.9 Å². The first kappa shape index (κ1) is 14.9. The molecule has 0 bridgehead atoms. The molecule has 21 heavy (non-hydrogen) atoms. The van der Waals surface area contributed by atoms with E-state index in [1.54, 1.807) is 0 Å². The van der Waals surface area contributed by atoms with Crippen LogP contribution in [-0.2, 0) is 16.0 Å². The van der Waals surface area contributed by atoms with Crippen LogP contribution in [0.1, 0.15) is 12.0 Å². The highest BCUT2D eigenvalue weighted by atomic mass is 16.6. The van der Waals surface area contributed by atoms with Gasteiger partial charge in [0.05, 0.1) is 17.4 Å². The Hall–Kier alpha value is -2.48. The summed E-state index contributed by atoms with van der Waals surface area (Å²) in [6.45, 7) is -0.0111. The minimum Gasteiger partial charge on any atom is -0.480 e. The van der Waals surface area contributed by atoms with Crippen LogP contribution >= 0.6 is 0 Å². The quantitative estimate of drug-likeness (QED) is 0.603. The van der Waals surface area contributed by atoms with E-state index in [0.717, 1.165) is 4.90 Å². The van der Waals surface area contributed by atoms with Gasteiger partial charge in [0.15, 0.2) is 0 Å². The van der Waals surface area contributed by atoms with Gasteiger partial charge in [0.25, 0.3) is 5.69 Å². The summed E-state index contributed by atoms with van der Waals surface area (Å²) in [7, 11) is 0. The molecule has 1 aliphatic rings. The van der Waals surface area contributed by atoms with E-state index < -0.39 is 28.9 Å². The number of aliphatic hydroxyl groups excluding tert-OH is 1. The predicted octanol–water partition coefficient (Wildman–Crippen LogP) is 0.184. The largest absolute Gasteiger partial charge is 0.480 e. The number of nitro benzene ring substituents is 1. The van der Waals surface area contributed by atoms with Gasteiger partial charge in [-0.1, -0.05) is 12.1 Å². The van der Waals surface area contributed by atoms with Crippen LogP contribution in [0.2, 0.25) is 0 Å². The van der Waals surface area contributed by atoms with Crippen LogP contribution < -0.4 is 0 Å². The lowest BCUT2D eigenvalue weighted by Gasteiger charge is -2.21. The van der Waals surface area contributed by atoms with E-state index in [9.17, 15) is 24.8 Å². The molecule has 0 saturated carbocycles. The first-order valence-electron chi connectivity index (χ1n) is 6.32. The zero-order valence-corrected chi connectivity index (χ0v) is 11.0. The van der Waals surface area contributed by atoms with E-state index >= 15 is 0 Å². The number of carboxylic acid groups (broad SMARTS) is 1. The van der Waals surface area contributed by atoms with Gasteiger partial charge in [-0.25, -0.2) is 4.79 Å². The fourth-order valence-electron chi connectivity index (χ4n) is 2.34. The maximum atomic E-state index is 12.1.